The third kappa shape index (κ3) is 4.26. The van der Waals surface area contributed by atoms with E-state index in [9.17, 15) is 14.0 Å². The van der Waals surface area contributed by atoms with Crippen LogP contribution in [0.25, 0.3) is 0 Å². The molecule has 1 unspecified atom stereocenters. The second-order valence-electron chi connectivity index (χ2n) is 4.61. The Morgan fingerprint density at radius 1 is 1.41 bits per heavy atom. The Hall–Kier alpha value is -2.48. The van der Waals surface area contributed by atoms with Gasteiger partial charge in [0, 0.05) is 16.6 Å². The molecule has 0 aliphatic heterocycles. The van der Waals surface area contributed by atoms with Crippen molar-refractivity contribution in [3.63, 3.8) is 0 Å². The number of rotatable bonds is 5. The molecule has 1 atom stereocenters. The number of hydrogen-bond acceptors (Lipinski definition) is 4. The molecule has 116 valence electrons. The molecule has 4 N–H and O–H groups in total. The third-order valence-electron chi connectivity index (χ3n) is 2.85. The zero-order valence-corrected chi connectivity index (χ0v) is 12.6. The van der Waals surface area contributed by atoms with Gasteiger partial charge in [-0.3, -0.25) is 4.79 Å². The van der Waals surface area contributed by atoms with Crippen LogP contribution in [0, 0.1) is 12.7 Å². The Labute approximate surface area is 130 Å². The van der Waals surface area contributed by atoms with E-state index in [-0.39, 0.29) is 12.0 Å². The summed E-state index contributed by atoms with van der Waals surface area (Å²) in [7, 11) is 0. The van der Waals surface area contributed by atoms with Gasteiger partial charge in [0.15, 0.2) is 5.13 Å². The van der Waals surface area contributed by atoms with Crippen LogP contribution in [0.4, 0.5) is 14.3 Å². The van der Waals surface area contributed by atoms with Crippen LogP contribution in [0.2, 0.25) is 0 Å². The van der Waals surface area contributed by atoms with Crippen LogP contribution in [-0.4, -0.2) is 16.9 Å². The van der Waals surface area contributed by atoms with Crippen molar-refractivity contribution < 1.29 is 14.0 Å². The van der Waals surface area contributed by atoms with Crippen LogP contribution in [0.15, 0.2) is 30.5 Å². The lowest BCUT2D eigenvalue weighted by atomic mass is 10.0. The second kappa shape index (κ2) is 6.99. The van der Waals surface area contributed by atoms with Crippen LogP contribution < -0.4 is 16.4 Å². The van der Waals surface area contributed by atoms with Crippen molar-refractivity contribution in [2.75, 3.05) is 5.32 Å². The molecule has 1 aromatic heterocycles. The molecule has 6 nitrogen and oxygen atoms in total. The van der Waals surface area contributed by atoms with Gasteiger partial charge in [0.25, 0.3) is 0 Å². The SMILES string of the molecule is Cc1cnc(NC(=O)CC(NC(N)=O)c2ccccc2F)s1. The molecule has 0 fully saturated rings. The van der Waals surface area contributed by atoms with E-state index < -0.39 is 23.8 Å². The molecule has 22 heavy (non-hydrogen) atoms. The number of halogens is 1. The van der Waals surface area contributed by atoms with Crippen LogP contribution in [-0.2, 0) is 4.79 Å². The molecule has 0 aliphatic carbocycles. The maximum Gasteiger partial charge on any atom is 0.312 e. The van der Waals surface area contributed by atoms with E-state index in [0.29, 0.717) is 5.13 Å². The van der Waals surface area contributed by atoms with Gasteiger partial charge in [-0.1, -0.05) is 18.2 Å². The maximum absolute atomic E-state index is 13.8. The molecule has 0 saturated heterocycles. The summed E-state index contributed by atoms with van der Waals surface area (Å²) in [4.78, 5) is 28.1. The summed E-state index contributed by atoms with van der Waals surface area (Å²) in [5.74, 6) is -0.907. The van der Waals surface area contributed by atoms with Crippen LogP contribution in [0.5, 0.6) is 0 Å². The summed E-state index contributed by atoms with van der Waals surface area (Å²) in [6.07, 6.45) is 1.48. The number of anilines is 1. The van der Waals surface area contributed by atoms with E-state index in [1.807, 2.05) is 6.92 Å². The van der Waals surface area contributed by atoms with Gasteiger partial charge in [0.05, 0.1) is 12.5 Å². The van der Waals surface area contributed by atoms with E-state index >= 15 is 0 Å². The van der Waals surface area contributed by atoms with Gasteiger partial charge in [-0.2, -0.15) is 0 Å². The summed E-state index contributed by atoms with van der Waals surface area (Å²) < 4.78 is 13.8. The number of primary amides is 1. The number of carbonyl (C=O) groups excluding carboxylic acids is 2. The predicted octanol–water partition coefficient (Wildman–Crippen LogP) is 2.33. The van der Waals surface area contributed by atoms with E-state index in [1.54, 1.807) is 12.3 Å². The third-order valence-corrected chi connectivity index (χ3v) is 3.68. The Kier molecular flexibility index (Phi) is 5.05. The Bertz CT molecular complexity index is 689. The zero-order chi connectivity index (χ0) is 16.1. The number of carbonyl (C=O) groups is 2. The van der Waals surface area contributed by atoms with Crippen LogP contribution in [0.3, 0.4) is 0 Å². The molecule has 1 aromatic carbocycles. The van der Waals surface area contributed by atoms with Crippen molar-refractivity contribution >= 4 is 28.4 Å². The van der Waals surface area contributed by atoms with Crippen molar-refractivity contribution in [2.24, 2.45) is 5.73 Å². The lowest BCUT2D eigenvalue weighted by Crippen LogP contribution is -2.35. The first kappa shape index (κ1) is 15.9. The second-order valence-corrected chi connectivity index (χ2v) is 5.85. The molecule has 0 radical (unpaired) electrons. The van der Waals surface area contributed by atoms with Crippen molar-refractivity contribution in [3.8, 4) is 0 Å². The fraction of sp³-hybridized carbons (Fsp3) is 0.214. The molecule has 0 saturated carbocycles. The minimum Gasteiger partial charge on any atom is -0.352 e. The van der Waals surface area contributed by atoms with Gasteiger partial charge in [-0.25, -0.2) is 14.2 Å². The number of nitrogens with two attached hydrogens (primary N) is 1. The minimum absolute atomic E-state index is 0.150. The molecule has 3 amide bonds. The van der Waals surface area contributed by atoms with Gasteiger partial charge in [0.2, 0.25) is 5.91 Å². The Morgan fingerprint density at radius 2 is 2.14 bits per heavy atom. The quantitative estimate of drug-likeness (QED) is 0.788. The minimum atomic E-state index is -0.847. The van der Waals surface area contributed by atoms with Gasteiger partial charge < -0.3 is 16.4 Å². The molecule has 0 bridgehead atoms. The number of nitrogens with zero attached hydrogens (tertiary/aromatic N) is 1. The van der Waals surface area contributed by atoms with Crippen molar-refractivity contribution in [2.45, 2.75) is 19.4 Å². The smallest absolute Gasteiger partial charge is 0.312 e. The van der Waals surface area contributed by atoms with Crippen molar-refractivity contribution in [1.82, 2.24) is 10.3 Å². The fourth-order valence-corrected chi connectivity index (χ4v) is 2.62. The van der Waals surface area contributed by atoms with E-state index in [0.717, 1.165) is 4.88 Å². The zero-order valence-electron chi connectivity index (χ0n) is 11.8. The van der Waals surface area contributed by atoms with Crippen LogP contribution in [0.1, 0.15) is 22.9 Å². The first-order chi connectivity index (χ1) is 10.5. The summed E-state index contributed by atoms with van der Waals surface area (Å²) in [6, 6.07) is 4.23. The highest BCUT2D eigenvalue weighted by molar-refractivity contribution is 7.15. The molecule has 2 rings (SSSR count). The average molecular weight is 322 g/mol. The number of thiazole rings is 1. The fourth-order valence-electron chi connectivity index (χ4n) is 1.94. The molecule has 0 aliphatic rings. The highest BCUT2D eigenvalue weighted by atomic mass is 32.1. The highest BCUT2D eigenvalue weighted by Crippen LogP contribution is 2.22. The summed E-state index contributed by atoms with van der Waals surface area (Å²) in [5.41, 5.74) is 5.30. The number of amides is 3. The van der Waals surface area contributed by atoms with Gasteiger partial charge in [-0.05, 0) is 13.0 Å². The average Bonchev–Trinajstić information content (AvgIpc) is 2.83. The topological polar surface area (TPSA) is 97.1 Å². The Balaban J connectivity index is 2.11. The molecule has 1 heterocycles. The standard InChI is InChI=1S/C14H15FN4O2S/c1-8-7-17-14(22-8)19-12(20)6-11(18-13(16)21)9-4-2-3-5-10(9)15/h2-5,7,11H,6H2,1H3,(H3,16,18,21)(H,17,19,20). The largest absolute Gasteiger partial charge is 0.352 e. The summed E-state index contributed by atoms with van der Waals surface area (Å²) >= 11 is 1.33. The maximum atomic E-state index is 13.8. The number of nitrogens with one attached hydrogen (secondary N) is 2. The molecular formula is C14H15FN4O2S. The number of hydrogen-bond donors (Lipinski definition) is 3. The lowest BCUT2D eigenvalue weighted by Gasteiger charge is -2.17. The predicted molar refractivity (Wildman–Crippen MR) is 82.0 cm³/mol. The molecule has 0 spiro atoms. The molecule has 2 aromatic rings. The van der Waals surface area contributed by atoms with E-state index in [2.05, 4.69) is 15.6 Å². The Morgan fingerprint density at radius 3 is 2.73 bits per heavy atom. The molecular weight excluding hydrogens is 307 g/mol. The van der Waals surface area contributed by atoms with E-state index in [4.69, 9.17) is 5.73 Å². The number of urea groups is 1. The number of aromatic nitrogens is 1. The highest BCUT2D eigenvalue weighted by Gasteiger charge is 2.20. The molecule has 8 heteroatoms. The van der Waals surface area contributed by atoms with Crippen molar-refractivity contribution in [3.05, 3.63) is 46.7 Å². The first-order valence-corrected chi connectivity index (χ1v) is 7.30. The van der Waals surface area contributed by atoms with Gasteiger partial charge in [-0.15, -0.1) is 11.3 Å². The monoisotopic (exact) mass is 322 g/mol. The van der Waals surface area contributed by atoms with Gasteiger partial charge >= 0.3 is 6.03 Å². The van der Waals surface area contributed by atoms with Gasteiger partial charge in [0.1, 0.15) is 5.82 Å². The number of benzene rings is 1. The van der Waals surface area contributed by atoms with E-state index in [1.165, 1.54) is 29.5 Å². The first-order valence-electron chi connectivity index (χ1n) is 6.48. The lowest BCUT2D eigenvalue weighted by molar-refractivity contribution is -0.116. The summed E-state index contributed by atoms with van der Waals surface area (Å²) in [6.45, 7) is 1.87. The normalized spacial score (nSPS) is 11.7. The van der Waals surface area contributed by atoms with Crippen LogP contribution >= 0.6 is 11.3 Å². The summed E-state index contributed by atoms with van der Waals surface area (Å²) in [5, 5.41) is 5.44. The number of aryl methyl sites for hydroxylation is 1. The van der Waals surface area contributed by atoms with Crippen molar-refractivity contribution in [1.29, 1.82) is 0 Å².